The summed E-state index contributed by atoms with van der Waals surface area (Å²) >= 11 is 3.10. The van der Waals surface area contributed by atoms with Crippen LogP contribution in [0.3, 0.4) is 0 Å². The molecule has 0 spiro atoms. The smallest absolute Gasteiger partial charge is 0.265 e. The number of hydrogen-bond acceptors (Lipinski definition) is 3. The van der Waals surface area contributed by atoms with Gasteiger partial charge < -0.3 is 10.3 Å². The van der Waals surface area contributed by atoms with Crippen LogP contribution in [0.15, 0.2) is 15.5 Å². The Balaban J connectivity index is 3.02. The van der Waals surface area contributed by atoms with Crippen LogP contribution >= 0.6 is 15.9 Å². The summed E-state index contributed by atoms with van der Waals surface area (Å²) in [4.78, 5) is 18.0. The molecule has 0 fully saturated rings. The molecule has 1 atom stereocenters. The van der Waals surface area contributed by atoms with Crippen LogP contribution in [0, 0.1) is 0 Å². The molecule has 2 N–H and O–H groups in total. The third kappa shape index (κ3) is 2.38. The highest BCUT2D eigenvalue weighted by Gasteiger charge is 2.09. The maximum atomic E-state index is 11.2. The number of halogens is 1. The summed E-state index contributed by atoms with van der Waals surface area (Å²) in [5.41, 5.74) is -0.140. The summed E-state index contributed by atoms with van der Waals surface area (Å²) in [6.07, 6.45) is 2.41. The summed E-state index contributed by atoms with van der Waals surface area (Å²) in [6, 6.07) is 0.112. The SMILES string of the molecule is CCC(NC)c1ncc(Br)c(=O)[nH]1. The van der Waals surface area contributed by atoms with Crippen LogP contribution in [0.5, 0.6) is 0 Å². The minimum absolute atomic E-state index is 0.112. The predicted molar refractivity (Wildman–Crippen MR) is 54.6 cm³/mol. The molecule has 13 heavy (non-hydrogen) atoms. The second kappa shape index (κ2) is 4.53. The fraction of sp³-hybridized carbons (Fsp3) is 0.500. The van der Waals surface area contributed by atoms with Crippen LogP contribution < -0.4 is 10.9 Å². The van der Waals surface area contributed by atoms with E-state index in [0.717, 1.165) is 6.42 Å². The van der Waals surface area contributed by atoms with Crippen LogP contribution in [0.2, 0.25) is 0 Å². The second-order valence-corrected chi connectivity index (χ2v) is 3.55. The van der Waals surface area contributed by atoms with Gasteiger partial charge in [0.2, 0.25) is 0 Å². The van der Waals surface area contributed by atoms with Crippen molar-refractivity contribution in [2.45, 2.75) is 19.4 Å². The Morgan fingerprint density at radius 2 is 2.46 bits per heavy atom. The summed E-state index contributed by atoms with van der Waals surface area (Å²) in [6.45, 7) is 2.03. The van der Waals surface area contributed by atoms with Crippen LogP contribution in [0.4, 0.5) is 0 Å². The minimum atomic E-state index is -0.140. The Kier molecular flexibility index (Phi) is 3.62. The van der Waals surface area contributed by atoms with Gasteiger partial charge in [-0.25, -0.2) is 4.98 Å². The van der Waals surface area contributed by atoms with Gasteiger partial charge in [-0.05, 0) is 29.4 Å². The molecule has 1 heterocycles. The molecule has 1 aromatic rings. The van der Waals surface area contributed by atoms with Gasteiger partial charge in [0.1, 0.15) is 10.3 Å². The van der Waals surface area contributed by atoms with Gasteiger partial charge in [-0.1, -0.05) is 6.92 Å². The molecule has 0 amide bonds. The Labute approximate surface area is 84.9 Å². The number of rotatable bonds is 3. The molecule has 72 valence electrons. The standard InChI is InChI=1S/C8H12BrN3O/c1-3-6(10-2)7-11-4-5(9)8(13)12-7/h4,6,10H,3H2,1-2H3,(H,11,12,13). The van der Waals surface area contributed by atoms with Gasteiger partial charge in [0.05, 0.1) is 6.04 Å². The lowest BCUT2D eigenvalue weighted by molar-refractivity contribution is 0.541. The van der Waals surface area contributed by atoms with E-state index in [1.807, 2.05) is 14.0 Å². The van der Waals surface area contributed by atoms with Crippen molar-refractivity contribution in [3.63, 3.8) is 0 Å². The van der Waals surface area contributed by atoms with Crippen LogP contribution in [-0.2, 0) is 0 Å². The van der Waals surface area contributed by atoms with E-state index in [-0.39, 0.29) is 11.6 Å². The fourth-order valence-electron chi connectivity index (χ4n) is 1.10. The molecular weight excluding hydrogens is 234 g/mol. The van der Waals surface area contributed by atoms with Crippen LogP contribution in [0.25, 0.3) is 0 Å². The van der Waals surface area contributed by atoms with Gasteiger partial charge in [0.25, 0.3) is 5.56 Å². The lowest BCUT2D eigenvalue weighted by Crippen LogP contribution is -2.22. The van der Waals surface area contributed by atoms with Gasteiger partial charge in [-0.2, -0.15) is 0 Å². The zero-order chi connectivity index (χ0) is 9.84. The van der Waals surface area contributed by atoms with Crippen molar-refractivity contribution in [2.75, 3.05) is 7.05 Å². The molecular formula is C8H12BrN3O. The topological polar surface area (TPSA) is 57.8 Å². The third-order valence-electron chi connectivity index (χ3n) is 1.86. The first kappa shape index (κ1) is 10.4. The highest BCUT2D eigenvalue weighted by Crippen LogP contribution is 2.09. The van der Waals surface area contributed by atoms with Crippen molar-refractivity contribution < 1.29 is 0 Å². The summed E-state index contributed by atoms with van der Waals surface area (Å²) in [7, 11) is 1.84. The Morgan fingerprint density at radius 1 is 1.77 bits per heavy atom. The van der Waals surface area contributed by atoms with E-state index in [0.29, 0.717) is 10.3 Å². The Bertz CT molecular complexity index is 332. The average molecular weight is 246 g/mol. The number of hydrogen-bond donors (Lipinski definition) is 2. The summed E-state index contributed by atoms with van der Waals surface area (Å²) < 4.78 is 0.460. The van der Waals surface area contributed by atoms with E-state index in [4.69, 9.17) is 0 Å². The third-order valence-corrected chi connectivity index (χ3v) is 2.43. The first-order valence-corrected chi connectivity index (χ1v) is 4.90. The summed E-state index contributed by atoms with van der Waals surface area (Å²) in [5.74, 6) is 0.679. The van der Waals surface area contributed by atoms with E-state index in [1.54, 1.807) is 0 Å². The quantitative estimate of drug-likeness (QED) is 0.842. The van der Waals surface area contributed by atoms with Gasteiger partial charge >= 0.3 is 0 Å². The van der Waals surface area contributed by atoms with Crippen molar-refractivity contribution in [2.24, 2.45) is 0 Å². The lowest BCUT2D eigenvalue weighted by Gasteiger charge is -2.11. The zero-order valence-corrected chi connectivity index (χ0v) is 9.18. The van der Waals surface area contributed by atoms with E-state index < -0.39 is 0 Å². The van der Waals surface area contributed by atoms with Crippen LogP contribution in [0.1, 0.15) is 25.2 Å². The molecule has 1 rings (SSSR count). The molecule has 1 unspecified atom stereocenters. The lowest BCUT2D eigenvalue weighted by atomic mass is 10.2. The van der Waals surface area contributed by atoms with Gasteiger partial charge in [-0.15, -0.1) is 0 Å². The molecule has 0 aromatic carbocycles. The van der Waals surface area contributed by atoms with Crippen molar-refractivity contribution in [1.29, 1.82) is 0 Å². The van der Waals surface area contributed by atoms with Crippen molar-refractivity contribution in [1.82, 2.24) is 15.3 Å². The molecule has 0 aliphatic rings. The monoisotopic (exact) mass is 245 g/mol. The average Bonchev–Trinajstić information content (AvgIpc) is 2.13. The van der Waals surface area contributed by atoms with Crippen molar-refractivity contribution >= 4 is 15.9 Å². The second-order valence-electron chi connectivity index (χ2n) is 2.70. The Hall–Kier alpha value is -0.680. The number of aromatic amines is 1. The molecule has 0 saturated carbocycles. The maximum absolute atomic E-state index is 11.2. The van der Waals surface area contributed by atoms with Gasteiger partial charge in [-0.3, -0.25) is 4.79 Å². The normalized spacial score (nSPS) is 12.8. The van der Waals surface area contributed by atoms with E-state index >= 15 is 0 Å². The van der Waals surface area contributed by atoms with E-state index in [2.05, 4.69) is 31.2 Å². The maximum Gasteiger partial charge on any atom is 0.265 e. The molecule has 0 bridgehead atoms. The highest BCUT2D eigenvalue weighted by atomic mass is 79.9. The van der Waals surface area contributed by atoms with E-state index in [9.17, 15) is 4.79 Å². The molecule has 0 saturated heterocycles. The van der Waals surface area contributed by atoms with Gasteiger partial charge in [0.15, 0.2) is 0 Å². The summed E-state index contributed by atoms with van der Waals surface area (Å²) in [5, 5.41) is 3.07. The molecule has 4 nitrogen and oxygen atoms in total. The minimum Gasteiger partial charge on any atom is -0.310 e. The largest absolute Gasteiger partial charge is 0.310 e. The number of nitrogens with one attached hydrogen (secondary N) is 2. The first-order valence-electron chi connectivity index (χ1n) is 4.11. The van der Waals surface area contributed by atoms with Crippen LogP contribution in [-0.4, -0.2) is 17.0 Å². The first-order chi connectivity index (χ1) is 6.19. The number of nitrogens with zero attached hydrogens (tertiary/aromatic N) is 1. The number of H-pyrrole nitrogens is 1. The highest BCUT2D eigenvalue weighted by molar-refractivity contribution is 9.10. The fourth-order valence-corrected chi connectivity index (χ4v) is 1.31. The molecule has 0 aliphatic carbocycles. The zero-order valence-electron chi connectivity index (χ0n) is 7.60. The Morgan fingerprint density at radius 3 is 2.92 bits per heavy atom. The molecule has 5 heteroatoms. The van der Waals surface area contributed by atoms with Crippen molar-refractivity contribution in [3.8, 4) is 0 Å². The van der Waals surface area contributed by atoms with E-state index in [1.165, 1.54) is 6.20 Å². The van der Waals surface area contributed by atoms with Crippen molar-refractivity contribution in [3.05, 3.63) is 26.8 Å². The number of aromatic nitrogens is 2. The predicted octanol–water partition coefficient (Wildman–Crippen LogP) is 1.20. The molecule has 0 radical (unpaired) electrons. The molecule has 1 aromatic heterocycles. The molecule has 0 aliphatic heterocycles. The van der Waals surface area contributed by atoms with Gasteiger partial charge in [0, 0.05) is 6.20 Å².